The van der Waals surface area contributed by atoms with Crippen LogP contribution >= 0.6 is 0 Å². The van der Waals surface area contributed by atoms with Gasteiger partial charge in [0.1, 0.15) is 6.04 Å². The molecule has 2 unspecified atom stereocenters. The molecule has 2 aromatic rings. The zero-order valence-electron chi connectivity index (χ0n) is 13.1. The molecule has 23 heavy (non-hydrogen) atoms. The van der Waals surface area contributed by atoms with Crippen molar-refractivity contribution >= 4 is 10.8 Å². The first-order valence-electron chi connectivity index (χ1n) is 7.81. The monoisotopic (exact) mass is 325 g/mol. The second-order valence-corrected chi connectivity index (χ2v) is 5.96. The van der Waals surface area contributed by atoms with Crippen LogP contribution in [0, 0.1) is 5.92 Å². The predicted molar refractivity (Wildman–Crippen MR) is 86.2 cm³/mol. The third-order valence-corrected chi connectivity index (χ3v) is 3.96. The van der Waals surface area contributed by atoms with Crippen molar-refractivity contribution in [2.45, 2.75) is 32.0 Å². The Morgan fingerprint density at radius 3 is 2.43 bits per heavy atom. The third kappa shape index (κ3) is 4.94. The summed E-state index contributed by atoms with van der Waals surface area (Å²) >= 11 is 0. The highest BCUT2D eigenvalue weighted by atomic mass is 19.4. The maximum atomic E-state index is 13.4. The van der Waals surface area contributed by atoms with Crippen molar-refractivity contribution in [1.29, 1.82) is 0 Å². The van der Waals surface area contributed by atoms with Crippen LogP contribution < -0.4 is 5.32 Å². The lowest BCUT2D eigenvalue weighted by atomic mass is 10.00. The van der Waals surface area contributed by atoms with Gasteiger partial charge in [0.25, 0.3) is 0 Å². The molecule has 2 rings (SSSR count). The van der Waals surface area contributed by atoms with Gasteiger partial charge in [-0.2, -0.15) is 13.2 Å². The number of alkyl halides is 3. The molecule has 5 heteroatoms. The van der Waals surface area contributed by atoms with Gasteiger partial charge in [0.2, 0.25) is 0 Å². The number of rotatable bonds is 7. The summed E-state index contributed by atoms with van der Waals surface area (Å²) in [7, 11) is 0. The van der Waals surface area contributed by atoms with Gasteiger partial charge in [0.15, 0.2) is 0 Å². The van der Waals surface area contributed by atoms with Crippen molar-refractivity contribution in [1.82, 2.24) is 5.32 Å². The Kier molecular flexibility index (Phi) is 6.02. The van der Waals surface area contributed by atoms with E-state index in [2.05, 4.69) is 5.32 Å². The van der Waals surface area contributed by atoms with Crippen LogP contribution in [0.3, 0.4) is 0 Å². The Morgan fingerprint density at radius 2 is 1.78 bits per heavy atom. The van der Waals surface area contributed by atoms with Crippen molar-refractivity contribution in [3.05, 3.63) is 48.0 Å². The van der Waals surface area contributed by atoms with Crippen LogP contribution in [0.2, 0.25) is 0 Å². The minimum atomic E-state index is -4.35. The lowest BCUT2D eigenvalue weighted by Gasteiger charge is -2.24. The summed E-state index contributed by atoms with van der Waals surface area (Å²) in [6.45, 7) is 2.21. The van der Waals surface area contributed by atoms with Crippen molar-refractivity contribution in [3.63, 3.8) is 0 Å². The molecule has 0 amide bonds. The standard InChI is InChI=1S/C18H22F3NO/c1-13(5-4-10-23)12-22-17(18(19,20)21)16-9-8-14-6-2-3-7-15(14)11-16/h2-3,6-9,11,13,17,22-23H,4-5,10,12H2,1H3. The fraction of sp³-hybridized carbons (Fsp3) is 0.444. The molecule has 0 saturated carbocycles. The minimum absolute atomic E-state index is 0.0672. The molecular formula is C18H22F3NO. The van der Waals surface area contributed by atoms with Crippen LogP contribution in [-0.4, -0.2) is 24.4 Å². The molecule has 0 fully saturated rings. The van der Waals surface area contributed by atoms with Gasteiger partial charge in [-0.15, -0.1) is 0 Å². The number of hydrogen-bond acceptors (Lipinski definition) is 2. The predicted octanol–water partition coefficient (Wildman–Crippen LogP) is 4.44. The number of aliphatic hydroxyl groups is 1. The summed E-state index contributed by atoms with van der Waals surface area (Å²) in [6.07, 6.45) is -3.04. The van der Waals surface area contributed by atoms with E-state index in [0.29, 0.717) is 12.8 Å². The Labute approximate surface area is 134 Å². The Hall–Kier alpha value is -1.59. The highest BCUT2D eigenvalue weighted by Crippen LogP contribution is 2.34. The van der Waals surface area contributed by atoms with E-state index in [1.54, 1.807) is 12.1 Å². The van der Waals surface area contributed by atoms with E-state index < -0.39 is 12.2 Å². The molecule has 2 aromatic carbocycles. The lowest BCUT2D eigenvalue weighted by Crippen LogP contribution is -2.36. The van der Waals surface area contributed by atoms with Crippen molar-refractivity contribution in [2.75, 3.05) is 13.2 Å². The van der Waals surface area contributed by atoms with Gasteiger partial charge in [-0.3, -0.25) is 0 Å². The number of aliphatic hydroxyl groups excluding tert-OH is 1. The molecule has 0 aliphatic heterocycles. The average Bonchev–Trinajstić information content (AvgIpc) is 2.51. The number of halogens is 3. The van der Waals surface area contributed by atoms with Crippen LogP contribution in [0.5, 0.6) is 0 Å². The van der Waals surface area contributed by atoms with Gasteiger partial charge in [0, 0.05) is 6.61 Å². The fourth-order valence-corrected chi connectivity index (χ4v) is 2.67. The van der Waals surface area contributed by atoms with Crippen LogP contribution in [0.1, 0.15) is 31.4 Å². The Balaban J connectivity index is 2.16. The molecule has 0 heterocycles. The third-order valence-electron chi connectivity index (χ3n) is 3.96. The Morgan fingerprint density at radius 1 is 1.09 bits per heavy atom. The van der Waals surface area contributed by atoms with Gasteiger partial charge in [-0.25, -0.2) is 0 Å². The quantitative estimate of drug-likeness (QED) is 0.789. The highest BCUT2D eigenvalue weighted by molar-refractivity contribution is 5.83. The first-order valence-corrected chi connectivity index (χ1v) is 7.81. The van der Waals surface area contributed by atoms with Crippen LogP contribution in [0.4, 0.5) is 13.2 Å². The van der Waals surface area contributed by atoms with Gasteiger partial charge in [-0.1, -0.05) is 43.3 Å². The summed E-state index contributed by atoms with van der Waals surface area (Å²) in [6, 6.07) is 10.6. The highest BCUT2D eigenvalue weighted by Gasteiger charge is 2.40. The molecule has 0 aromatic heterocycles. The van der Waals surface area contributed by atoms with E-state index >= 15 is 0 Å². The molecule has 2 N–H and O–H groups in total. The van der Waals surface area contributed by atoms with E-state index in [0.717, 1.165) is 10.8 Å². The summed E-state index contributed by atoms with van der Waals surface area (Å²) in [5.41, 5.74) is 0.227. The van der Waals surface area contributed by atoms with Crippen molar-refractivity contribution in [3.8, 4) is 0 Å². The second-order valence-electron chi connectivity index (χ2n) is 5.96. The molecule has 0 aliphatic rings. The maximum Gasteiger partial charge on any atom is 0.407 e. The molecule has 2 nitrogen and oxygen atoms in total. The minimum Gasteiger partial charge on any atom is -0.396 e. The largest absolute Gasteiger partial charge is 0.407 e. The summed E-state index contributed by atoms with van der Waals surface area (Å²) in [4.78, 5) is 0. The molecule has 0 saturated heterocycles. The topological polar surface area (TPSA) is 32.3 Å². The molecule has 2 atom stereocenters. The summed E-state index contributed by atoms with van der Waals surface area (Å²) < 4.78 is 40.2. The molecule has 0 radical (unpaired) electrons. The van der Waals surface area contributed by atoms with Crippen LogP contribution in [0.15, 0.2) is 42.5 Å². The molecule has 0 bridgehead atoms. The summed E-state index contributed by atoms with van der Waals surface area (Å²) in [5.74, 6) is 0.0763. The number of nitrogens with one attached hydrogen (secondary N) is 1. The maximum absolute atomic E-state index is 13.4. The fourth-order valence-electron chi connectivity index (χ4n) is 2.67. The average molecular weight is 325 g/mol. The van der Waals surface area contributed by atoms with E-state index in [9.17, 15) is 13.2 Å². The zero-order valence-corrected chi connectivity index (χ0v) is 13.1. The molecule has 0 aliphatic carbocycles. The molecule has 0 spiro atoms. The normalized spacial score (nSPS) is 14.8. The number of hydrogen-bond donors (Lipinski definition) is 2. The zero-order chi connectivity index (χ0) is 16.9. The number of benzene rings is 2. The first kappa shape index (κ1) is 17.8. The van der Waals surface area contributed by atoms with Gasteiger partial charge in [0.05, 0.1) is 0 Å². The van der Waals surface area contributed by atoms with Gasteiger partial charge < -0.3 is 10.4 Å². The smallest absolute Gasteiger partial charge is 0.396 e. The van der Waals surface area contributed by atoms with Crippen molar-refractivity contribution < 1.29 is 18.3 Å². The van der Waals surface area contributed by atoms with E-state index in [1.165, 1.54) is 6.07 Å². The molecular weight excluding hydrogens is 303 g/mol. The van der Waals surface area contributed by atoms with Crippen LogP contribution in [0.25, 0.3) is 10.8 Å². The SMILES string of the molecule is CC(CCCO)CNC(c1ccc2ccccc2c1)C(F)(F)F. The first-order chi connectivity index (χ1) is 10.9. The van der Waals surface area contributed by atoms with Gasteiger partial charge in [-0.05, 0) is 47.7 Å². The van der Waals surface area contributed by atoms with Gasteiger partial charge >= 0.3 is 6.18 Å². The van der Waals surface area contributed by atoms with Crippen LogP contribution in [-0.2, 0) is 0 Å². The number of fused-ring (bicyclic) bond motifs is 1. The second kappa shape index (κ2) is 7.79. The molecule has 126 valence electrons. The van der Waals surface area contributed by atoms with Crippen molar-refractivity contribution in [2.24, 2.45) is 5.92 Å². The summed E-state index contributed by atoms with van der Waals surface area (Å²) in [5, 5.41) is 13.2. The van der Waals surface area contributed by atoms with E-state index in [-0.39, 0.29) is 24.6 Å². The Bertz CT molecular complexity index is 627. The van der Waals surface area contributed by atoms with E-state index in [4.69, 9.17) is 5.11 Å². The lowest BCUT2D eigenvalue weighted by molar-refractivity contribution is -0.158. The van der Waals surface area contributed by atoms with E-state index in [1.807, 2.05) is 31.2 Å².